The summed E-state index contributed by atoms with van der Waals surface area (Å²) in [6.45, 7) is 0.895. The molecule has 2 nitrogen and oxygen atoms in total. The number of aromatic nitrogens is 1. The van der Waals surface area contributed by atoms with E-state index < -0.39 is 0 Å². The van der Waals surface area contributed by atoms with Crippen LogP contribution in [0.3, 0.4) is 0 Å². The second-order valence-electron chi connectivity index (χ2n) is 2.32. The summed E-state index contributed by atoms with van der Waals surface area (Å²) in [4.78, 5) is 3.96. The van der Waals surface area contributed by atoms with E-state index in [1.165, 1.54) is 0 Å². The van der Waals surface area contributed by atoms with Crippen LogP contribution in [0, 0.1) is 0 Å². The van der Waals surface area contributed by atoms with E-state index in [1.54, 1.807) is 12.4 Å². The molecule has 0 fully saturated rings. The molecule has 0 aromatic carbocycles. The van der Waals surface area contributed by atoms with Gasteiger partial charge in [0.2, 0.25) is 0 Å². The van der Waals surface area contributed by atoms with Gasteiger partial charge in [0.05, 0.1) is 10.2 Å². The summed E-state index contributed by atoms with van der Waals surface area (Å²) < 4.78 is 0.986. The minimum Gasteiger partial charge on any atom is -0.384 e. The summed E-state index contributed by atoms with van der Waals surface area (Å²) in [6.07, 6.45) is 4.49. The third-order valence-electron chi connectivity index (χ3n) is 1.40. The van der Waals surface area contributed by atoms with Crippen LogP contribution < -0.4 is 5.32 Å². The van der Waals surface area contributed by atoms with Crippen molar-refractivity contribution < 1.29 is 0 Å². The third kappa shape index (κ3) is 2.99. The zero-order chi connectivity index (χ0) is 8.81. The van der Waals surface area contributed by atoms with Crippen molar-refractivity contribution in [1.29, 1.82) is 0 Å². The maximum Gasteiger partial charge on any atom is 0.0590 e. The highest BCUT2D eigenvalue weighted by atomic mass is 79.9. The summed E-state index contributed by atoms with van der Waals surface area (Å²) in [7, 11) is 0. The zero-order valence-corrected chi connectivity index (χ0v) is 8.90. The van der Waals surface area contributed by atoms with E-state index in [4.69, 9.17) is 11.6 Å². The average Bonchev–Trinajstić information content (AvgIpc) is 2.09. The maximum absolute atomic E-state index is 5.54. The summed E-state index contributed by atoms with van der Waals surface area (Å²) in [5.74, 6) is 0.690. The number of pyridine rings is 1. The predicted molar refractivity (Wildman–Crippen MR) is 55.8 cm³/mol. The van der Waals surface area contributed by atoms with Crippen LogP contribution in [-0.2, 0) is 0 Å². The molecule has 0 bridgehead atoms. The Labute approximate surface area is 85.5 Å². The quantitative estimate of drug-likeness (QED) is 0.656. The molecule has 12 heavy (non-hydrogen) atoms. The summed E-state index contributed by atoms with van der Waals surface area (Å²) >= 11 is 8.93. The summed E-state index contributed by atoms with van der Waals surface area (Å²) in [5, 5.41) is 3.24. The van der Waals surface area contributed by atoms with E-state index in [1.807, 2.05) is 6.07 Å². The third-order valence-corrected chi connectivity index (χ3v) is 2.30. The van der Waals surface area contributed by atoms with Gasteiger partial charge >= 0.3 is 0 Å². The summed E-state index contributed by atoms with van der Waals surface area (Å²) in [5.41, 5.74) is 1.06. The number of nitrogens with one attached hydrogen (secondary N) is 1. The van der Waals surface area contributed by atoms with E-state index in [0.29, 0.717) is 5.88 Å². The molecule has 0 saturated heterocycles. The van der Waals surface area contributed by atoms with Crippen LogP contribution in [0.15, 0.2) is 22.9 Å². The van der Waals surface area contributed by atoms with E-state index in [0.717, 1.165) is 23.1 Å². The zero-order valence-electron chi connectivity index (χ0n) is 6.56. The van der Waals surface area contributed by atoms with Crippen LogP contribution in [0.25, 0.3) is 0 Å². The molecule has 1 N–H and O–H groups in total. The number of hydrogen-bond acceptors (Lipinski definition) is 2. The van der Waals surface area contributed by atoms with Crippen molar-refractivity contribution in [3.8, 4) is 0 Å². The highest BCUT2D eigenvalue weighted by molar-refractivity contribution is 9.10. The largest absolute Gasteiger partial charge is 0.384 e. The van der Waals surface area contributed by atoms with Crippen molar-refractivity contribution in [2.24, 2.45) is 0 Å². The molecule has 0 radical (unpaired) electrons. The fourth-order valence-corrected chi connectivity index (χ4v) is 1.33. The number of alkyl halides is 1. The molecule has 0 spiro atoms. The normalized spacial score (nSPS) is 9.83. The van der Waals surface area contributed by atoms with Gasteiger partial charge in [0, 0.05) is 24.8 Å². The molecular formula is C8H10BrClN2. The molecule has 0 aliphatic rings. The van der Waals surface area contributed by atoms with Crippen LogP contribution in [0.4, 0.5) is 5.69 Å². The lowest BCUT2D eigenvalue weighted by Gasteiger charge is -2.05. The van der Waals surface area contributed by atoms with E-state index >= 15 is 0 Å². The second kappa shape index (κ2) is 5.38. The van der Waals surface area contributed by atoms with Crippen LogP contribution in [0.1, 0.15) is 6.42 Å². The fraction of sp³-hybridized carbons (Fsp3) is 0.375. The molecule has 1 heterocycles. The van der Waals surface area contributed by atoms with Gasteiger partial charge in [-0.3, -0.25) is 4.98 Å². The SMILES string of the molecule is ClCCCNc1ccncc1Br. The number of nitrogens with zero attached hydrogens (tertiary/aromatic N) is 1. The lowest BCUT2D eigenvalue weighted by molar-refractivity contribution is 0.984. The minimum absolute atomic E-state index is 0.690. The topological polar surface area (TPSA) is 24.9 Å². The molecule has 1 rings (SSSR count). The van der Waals surface area contributed by atoms with Crippen LogP contribution in [0.2, 0.25) is 0 Å². The highest BCUT2D eigenvalue weighted by Crippen LogP contribution is 2.19. The molecule has 0 aliphatic heterocycles. The Morgan fingerprint density at radius 2 is 2.42 bits per heavy atom. The van der Waals surface area contributed by atoms with Crippen molar-refractivity contribution in [3.63, 3.8) is 0 Å². The van der Waals surface area contributed by atoms with Crippen molar-refractivity contribution >= 4 is 33.2 Å². The van der Waals surface area contributed by atoms with Gasteiger partial charge in [-0.05, 0) is 28.4 Å². The Morgan fingerprint density at radius 3 is 3.08 bits per heavy atom. The number of hydrogen-bond donors (Lipinski definition) is 1. The van der Waals surface area contributed by atoms with Crippen molar-refractivity contribution in [1.82, 2.24) is 4.98 Å². The fourth-order valence-electron chi connectivity index (χ4n) is 0.808. The van der Waals surface area contributed by atoms with Crippen molar-refractivity contribution in [2.75, 3.05) is 17.7 Å². The first-order chi connectivity index (χ1) is 5.84. The first kappa shape index (κ1) is 9.81. The number of halogens is 2. The van der Waals surface area contributed by atoms with Gasteiger partial charge in [-0.2, -0.15) is 0 Å². The van der Waals surface area contributed by atoms with E-state index in [2.05, 4.69) is 26.2 Å². The van der Waals surface area contributed by atoms with Crippen LogP contribution >= 0.6 is 27.5 Å². The Balaban J connectivity index is 2.46. The number of rotatable bonds is 4. The molecule has 0 aliphatic carbocycles. The minimum atomic E-state index is 0.690. The van der Waals surface area contributed by atoms with Gasteiger partial charge in [0.25, 0.3) is 0 Å². The van der Waals surface area contributed by atoms with Gasteiger partial charge in [-0.25, -0.2) is 0 Å². The van der Waals surface area contributed by atoms with Gasteiger partial charge < -0.3 is 5.32 Å². The van der Waals surface area contributed by atoms with Crippen LogP contribution in [-0.4, -0.2) is 17.4 Å². The summed E-state index contributed by atoms with van der Waals surface area (Å²) in [6, 6.07) is 1.93. The van der Waals surface area contributed by atoms with Gasteiger partial charge in [0.1, 0.15) is 0 Å². The van der Waals surface area contributed by atoms with E-state index in [9.17, 15) is 0 Å². The Bertz CT molecular complexity index is 242. The lowest BCUT2D eigenvalue weighted by atomic mass is 10.4. The standard InChI is InChI=1S/C8H10BrClN2/c9-7-6-11-5-2-8(7)12-4-1-3-10/h2,5-6H,1,3-4H2,(H,11,12). The smallest absolute Gasteiger partial charge is 0.0590 e. The molecule has 66 valence electrons. The van der Waals surface area contributed by atoms with Crippen molar-refractivity contribution in [3.05, 3.63) is 22.9 Å². The molecule has 4 heteroatoms. The second-order valence-corrected chi connectivity index (χ2v) is 3.56. The molecule has 1 aromatic rings. The lowest BCUT2D eigenvalue weighted by Crippen LogP contribution is -2.02. The molecule has 0 atom stereocenters. The molecule has 1 aromatic heterocycles. The highest BCUT2D eigenvalue weighted by Gasteiger charge is 1.95. The molecular weight excluding hydrogens is 239 g/mol. The Kier molecular flexibility index (Phi) is 4.40. The Morgan fingerprint density at radius 1 is 1.58 bits per heavy atom. The number of anilines is 1. The molecule has 0 unspecified atom stereocenters. The van der Waals surface area contributed by atoms with Gasteiger partial charge in [-0.15, -0.1) is 11.6 Å². The van der Waals surface area contributed by atoms with E-state index in [-0.39, 0.29) is 0 Å². The average molecular weight is 250 g/mol. The van der Waals surface area contributed by atoms with Crippen molar-refractivity contribution in [2.45, 2.75) is 6.42 Å². The molecule has 0 saturated carbocycles. The first-order valence-electron chi connectivity index (χ1n) is 3.74. The predicted octanol–water partition coefficient (Wildman–Crippen LogP) is 2.88. The Hall–Kier alpha value is -0.280. The van der Waals surface area contributed by atoms with Crippen LogP contribution in [0.5, 0.6) is 0 Å². The first-order valence-corrected chi connectivity index (χ1v) is 5.06. The van der Waals surface area contributed by atoms with Gasteiger partial charge in [-0.1, -0.05) is 0 Å². The molecule has 0 amide bonds. The van der Waals surface area contributed by atoms with Gasteiger partial charge in [0.15, 0.2) is 0 Å². The maximum atomic E-state index is 5.54. The monoisotopic (exact) mass is 248 g/mol.